The van der Waals surface area contributed by atoms with Gasteiger partial charge in [-0.25, -0.2) is 0 Å². The molecular formula is C17H23N5O2. The minimum atomic E-state index is -0.137. The van der Waals surface area contributed by atoms with Crippen molar-refractivity contribution in [1.29, 1.82) is 0 Å². The molecule has 0 atom stereocenters. The van der Waals surface area contributed by atoms with Crippen LogP contribution in [-0.2, 0) is 11.2 Å². The molecule has 0 unspecified atom stereocenters. The third kappa shape index (κ3) is 5.58. The van der Waals surface area contributed by atoms with Gasteiger partial charge in [0, 0.05) is 46.2 Å². The van der Waals surface area contributed by atoms with Gasteiger partial charge in [-0.05, 0) is 42.7 Å². The number of pyridine rings is 1. The van der Waals surface area contributed by atoms with Crippen LogP contribution in [0.2, 0.25) is 0 Å². The van der Waals surface area contributed by atoms with Crippen LogP contribution < -0.4 is 5.32 Å². The van der Waals surface area contributed by atoms with Crippen molar-refractivity contribution < 1.29 is 9.53 Å². The van der Waals surface area contributed by atoms with Gasteiger partial charge in [0.15, 0.2) is 5.69 Å². The first-order chi connectivity index (χ1) is 11.7. The Balaban J connectivity index is 1.82. The molecule has 0 saturated carbocycles. The van der Waals surface area contributed by atoms with Gasteiger partial charge in [-0.1, -0.05) is 0 Å². The average Bonchev–Trinajstić information content (AvgIpc) is 2.64. The monoisotopic (exact) mass is 329 g/mol. The van der Waals surface area contributed by atoms with Gasteiger partial charge < -0.3 is 15.0 Å². The van der Waals surface area contributed by atoms with E-state index in [1.54, 1.807) is 43.6 Å². The topological polar surface area (TPSA) is 80.2 Å². The van der Waals surface area contributed by atoms with Gasteiger partial charge in [0.25, 0.3) is 5.91 Å². The fourth-order valence-electron chi connectivity index (χ4n) is 2.12. The molecule has 7 heteroatoms. The smallest absolute Gasteiger partial charge is 0.274 e. The Kier molecular flexibility index (Phi) is 7.10. The predicted molar refractivity (Wildman–Crippen MR) is 91.9 cm³/mol. The molecule has 128 valence electrons. The van der Waals surface area contributed by atoms with Crippen LogP contribution in [0.4, 0.5) is 5.82 Å². The van der Waals surface area contributed by atoms with Crippen LogP contribution in [0.1, 0.15) is 22.5 Å². The lowest BCUT2D eigenvalue weighted by Crippen LogP contribution is -2.29. The molecule has 7 nitrogen and oxygen atoms in total. The second-order valence-electron chi connectivity index (χ2n) is 5.41. The molecular weight excluding hydrogens is 306 g/mol. The molecule has 24 heavy (non-hydrogen) atoms. The largest absolute Gasteiger partial charge is 0.385 e. The highest BCUT2D eigenvalue weighted by atomic mass is 16.5. The average molecular weight is 329 g/mol. The van der Waals surface area contributed by atoms with Gasteiger partial charge in [-0.3, -0.25) is 9.78 Å². The summed E-state index contributed by atoms with van der Waals surface area (Å²) in [5, 5.41) is 11.2. The Bertz CT molecular complexity index is 619. The van der Waals surface area contributed by atoms with Crippen molar-refractivity contribution in [2.75, 3.05) is 39.2 Å². The zero-order valence-electron chi connectivity index (χ0n) is 14.1. The fourth-order valence-corrected chi connectivity index (χ4v) is 2.12. The first-order valence-electron chi connectivity index (χ1n) is 7.91. The van der Waals surface area contributed by atoms with Gasteiger partial charge in [0.2, 0.25) is 0 Å². The normalized spacial score (nSPS) is 10.4. The maximum Gasteiger partial charge on any atom is 0.274 e. The Morgan fingerprint density at radius 2 is 2.00 bits per heavy atom. The van der Waals surface area contributed by atoms with Crippen LogP contribution >= 0.6 is 0 Å². The summed E-state index contributed by atoms with van der Waals surface area (Å²) in [7, 11) is 3.44. The predicted octanol–water partition coefficient (Wildman–Crippen LogP) is 1.63. The lowest BCUT2D eigenvalue weighted by molar-refractivity contribution is 0.0789. The van der Waals surface area contributed by atoms with Gasteiger partial charge in [-0.15, -0.1) is 10.2 Å². The summed E-state index contributed by atoms with van der Waals surface area (Å²) >= 11 is 0. The van der Waals surface area contributed by atoms with Crippen molar-refractivity contribution in [2.24, 2.45) is 0 Å². The molecule has 0 radical (unpaired) electrons. The Morgan fingerprint density at radius 1 is 1.21 bits per heavy atom. The number of nitrogens with zero attached hydrogens (tertiary/aromatic N) is 4. The molecule has 0 spiro atoms. The van der Waals surface area contributed by atoms with Crippen LogP contribution in [0.3, 0.4) is 0 Å². The summed E-state index contributed by atoms with van der Waals surface area (Å²) < 4.78 is 4.98. The van der Waals surface area contributed by atoms with Crippen LogP contribution in [0.15, 0.2) is 36.7 Å². The van der Waals surface area contributed by atoms with Gasteiger partial charge >= 0.3 is 0 Å². The second kappa shape index (κ2) is 9.57. The molecule has 0 aromatic carbocycles. The lowest BCUT2D eigenvalue weighted by atomic mass is 10.2. The van der Waals surface area contributed by atoms with E-state index in [1.807, 2.05) is 12.1 Å². The van der Waals surface area contributed by atoms with E-state index in [0.717, 1.165) is 24.9 Å². The molecule has 2 aromatic heterocycles. The number of aromatic nitrogens is 3. The van der Waals surface area contributed by atoms with Crippen molar-refractivity contribution in [1.82, 2.24) is 20.1 Å². The maximum atomic E-state index is 12.4. The zero-order chi connectivity index (χ0) is 17.2. The van der Waals surface area contributed by atoms with E-state index in [-0.39, 0.29) is 5.91 Å². The van der Waals surface area contributed by atoms with Crippen LogP contribution in [0, 0.1) is 0 Å². The minimum absolute atomic E-state index is 0.137. The number of carbonyl (C=O) groups excluding carboxylic acids is 1. The number of anilines is 1. The van der Waals surface area contributed by atoms with Gasteiger partial charge in [0.05, 0.1) is 0 Å². The number of hydrogen-bond acceptors (Lipinski definition) is 6. The Hall–Kier alpha value is -2.54. The first kappa shape index (κ1) is 17.8. The van der Waals surface area contributed by atoms with E-state index >= 15 is 0 Å². The molecule has 2 aromatic rings. The van der Waals surface area contributed by atoms with Gasteiger partial charge in [-0.2, -0.15) is 0 Å². The van der Waals surface area contributed by atoms with E-state index in [4.69, 9.17) is 4.74 Å². The fraction of sp³-hybridized carbons (Fsp3) is 0.412. The van der Waals surface area contributed by atoms with E-state index in [1.165, 1.54) is 0 Å². The molecule has 0 saturated heterocycles. The van der Waals surface area contributed by atoms with Crippen molar-refractivity contribution in [3.63, 3.8) is 0 Å². The number of nitrogens with one attached hydrogen (secondary N) is 1. The molecule has 1 amide bonds. The number of ether oxygens (including phenoxy) is 1. The summed E-state index contributed by atoms with van der Waals surface area (Å²) in [6.07, 6.45) is 5.16. The highest BCUT2D eigenvalue weighted by molar-refractivity contribution is 5.92. The number of hydrogen-bond donors (Lipinski definition) is 1. The number of amides is 1. The molecule has 0 aliphatic rings. The lowest BCUT2D eigenvalue weighted by Gasteiger charge is -2.16. The van der Waals surface area contributed by atoms with Crippen LogP contribution in [-0.4, -0.2) is 59.8 Å². The Labute approximate surface area is 142 Å². The van der Waals surface area contributed by atoms with Crippen molar-refractivity contribution in [3.05, 3.63) is 47.9 Å². The Morgan fingerprint density at radius 3 is 2.67 bits per heavy atom. The second-order valence-corrected chi connectivity index (χ2v) is 5.41. The number of methoxy groups -OCH3 is 1. The zero-order valence-corrected chi connectivity index (χ0v) is 14.1. The molecule has 0 aliphatic carbocycles. The van der Waals surface area contributed by atoms with Crippen LogP contribution in [0.5, 0.6) is 0 Å². The van der Waals surface area contributed by atoms with E-state index in [2.05, 4.69) is 20.5 Å². The molecule has 0 bridgehead atoms. The van der Waals surface area contributed by atoms with Gasteiger partial charge in [0.1, 0.15) is 5.82 Å². The number of rotatable bonds is 9. The summed E-state index contributed by atoms with van der Waals surface area (Å²) in [5.41, 5.74) is 1.49. The van der Waals surface area contributed by atoms with Crippen molar-refractivity contribution in [3.8, 4) is 0 Å². The number of likely N-dealkylation sites (N-methyl/N-ethyl adjacent to an activating group) is 1. The van der Waals surface area contributed by atoms with Crippen molar-refractivity contribution in [2.45, 2.75) is 12.8 Å². The van der Waals surface area contributed by atoms with Crippen LogP contribution in [0.25, 0.3) is 0 Å². The summed E-state index contributed by atoms with van der Waals surface area (Å²) in [6.45, 7) is 2.06. The number of carbonyl (C=O) groups is 1. The molecule has 2 rings (SSSR count). The van der Waals surface area contributed by atoms with Crippen molar-refractivity contribution >= 4 is 11.7 Å². The summed E-state index contributed by atoms with van der Waals surface area (Å²) in [6, 6.07) is 7.35. The maximum absolute atomic E-state index is 12.4. The first-order valence-corrected chi connectivity index (χ1v) is 7.91. The quantitative estimate of drug-likeness (QED) is 0.705. The SMILES string of the molecule is COCCCNc1ccc(C(=O)N(C)CCc2ccncc2)nn1. The molecule has 0 aliphatic heterocycles. The highest BCUT2D eigenvalue weighted by Gasteiger charge is 2.13. The van der Waals surface area contributed by atoms with E-state index in [0.29, 0.717) is 24.7 Å². The third-order valence-electron chi connectivity index (χ3n) is 3.55. The summed E-state index contributed by atoms with van der Waals surface area (Å²) in [4.78, 5) is 18.0. The molecule has 0 fully saturated rings. The highest BCUT2D eigenvalue weighted by Crippen LogP contribution is 2.06. The standard InChI is InChI=1S/C17H23N5O2/c1-22(12-8-14-6-10-18-11-7-14)17(23)15-4-5-16(21-20-15)19-9-3-13-24-2/h4-7,10-11H,3,8-9,12-13H2,1-2H3,(H,19,21). The molecule has 2 heterocycles. The van der Waals surface area contributed by atoms with E-state index in [9.17, 15) is 4.79 Å². The molecule has 1 N–H and O–H groups in total. The summed E-state index contributed by atoms with van der Waals surface area (Å²) in [5.74, 6) is 0.518. The minimum Gasteiger partial charge on any atom is -0.385 e. The third-order valence-corrected chi connectivity index (χ3v) is 3.55. The van der Waals surface area contributed by atoms with E-state index < -0.39 is 0 Å².